The predicted molar refractivity (Wildman–Crippen MR) is 69.4 cm³/mol. The van der Waals surface area contributed by atoms with E-state index in [0.717, 1.165) is 22.3 Å². The van der Waals surface area contributed by atoms with Gasteiger partial charge in [-0.3, -0.25) is 0 Å². The Hall–Kier alpha value is -1.96. The highest BCUT2D eigenvalue weighted by Crippen LogP contribution is 2.36. The molecule has 0 aliphatic carbocycles. The molecule has 0 saturated carbocycles. The molecule has 2 nitrogen and oxygen atoms in total. The van der Waals surface area contributed by atoms with Crippen LogP contribution >= 0.6 is 0 Å². The highest BCUT2D eigenvalue weighted by molar-refractivity contribution is 5.74. The van der Waals surface area contributed by atoms with Gasteiger partial charge in [-0.2, -0.15) is 0 Å². The monoisotopic (exact) mass is 228 g/mol. The minimum absolute atomic E-state index is 0.0417. The van der Waals surface area contributed by atoms with Crippen LogP contribution < -0.4 is 0 Å². The molecule has 2 N–H and O–H groups in total. The van der Waals surface area contributed by atoms with Gasteiger partial charge < -0.3 is 10.2 Å². The Morgan fingerprint density at radius 3 is 1.94 bits per heavy atom. The summed E-state index contributed by atoms with van der Waals surface area (Å²) in [6.45, 7) is 5.87. The van der Waals surface area contributed by atoms with Crippen molar-refractivity contribution in [1.82, 2.24) is 0 Å². The fourth-order valence-corrected chi connectivity index (χ4v) is 2.18. The second kappa shape index (κ2) is 4.13. The van der Waals surface area contributed by atoms with E-state index >= 15 is 0 Å². The zero-order chi connectivity index (χ0) is 12.6. The fourth-order valence-electron chi connectivity index (χ4n) is 2.18. The summed E-state index contributed by atoms with van der Waals surface area (Å²) in [4.78, 5) is 0. The maximum atomic E-state index is 9.67. The Morgan fingerprint density at radius 2 is 1.41 bits per heavy atom. The average Bonchev–Trinajstić information content (AvgIpc) is 2.25. The van der Waals surface area contributed by atoms with Crippen molar-refractivity contribution < 1.29 is 10.2 Å². The van der Waals surface area contributed by atoms with Gasteiger partial charge in [0.2, 0.25) is 0 Å². The first-order valence-electron chi connectivity index (χ1n) is 5.60. The van der Waals surface area contributed by atoms with Crippen LogP contribution in [0.1, 0.15) is 16.7 Å². The third-order valence-corrected chi connectivity index (χ3v) is 3.05. The molecule has 0 fully saturated rings. The zero-order valence-corrected chi connectivity index (χ0v) is 10.3. The number of hydrogen-bond acceptors (Lipinski definition) is 2. The lowest BCUT2D eigenvalue weighted by Gasteiger charge is -2.12. The number of aromatic hydroxyl groups is 2. The van der Waals surface area contributed by atoms with Gasteiger partial charge in [-0.1, -0.05) is 18.2 Å². The molecular weight excluding hydrogens is 212 g/mol. The first-order chi connectivity index (χ1) is 8.00. The van der Waals surface area contributed by atoms with E-state index in [9.17, 15) is 10.2 Å². The van der Waals surface area contributed by atoms with Crippen LogP contribution in [0.25, 0.3) is 11.1 Å². The second-order valence-electron chi connectivity index (χ2n) is 4.43. The molecule has 2 heteroatoms. The van der Waals surface area contributed by atoms with Crippen LogP contribution in [-0.4, -0.2) is 10.2 Å². The second-order valence-corrected chi connectivity index (χ2v) is 4.43. The van der Waals surface area contributed by atoms with Crippen molar-refractivity contribution in [2.24, 2.45) is 0 Å². The third kappa shape index (κ3) is 1.98. The maximum Gasteiger partial charge on any atom is 0.160 e. The largest absolute Gasteiger partial charge is 0.504 e. The van der Waals surface area contributed by atoms with Gasteiger partial charge in [-0.05, 0) is 60.7 Å². The molecule has 0 spiro atoms. The van der Waals surface area contributed by atoms with Gasteiger partial charge in [0.15, 0.2) is 11.5 Å². The molecule has 0 aliphatic heterocycles. The van der Waals surface area contributed by atoms with Crippen molar-refractivity contribution in [3.63, 3.8) is 0 Å². The lowest BCUT2D eigenvalue weighted by Crippen LogP contribution is -1.89. The van der Waals surface area contributed by atoms with E-state index in [-0.39, 0.29) is 11.5 Å². The van der Waals surface area contributed by atoms with Gasteiger partial charge in [0.25, 0.3) is 0 Å². The number of phenolic OH excluding ortho intramolecular Hbond substituents is 2. The van der Waals surface area contributed by atoms with Crippen LogP contribution in [0, 0.1) is 20.8 Å². The molecule has 17 heavy (non-hydrogen) atoms. The van der Waals surface area contributed by atoms with Gasteiger partial charge in [0.05, 0.1) is 0 Å². The van der Waals surface area contributed by atoms with E-state index in [1.54, 1.807) is 13.0 Å². The zero-order valence-electron chi connectivity index (χ0n) is 10.3. The van der Waals surface area contributed by atoms with E-state index in [0.29, 0.717) is 5.56 Å². The molecule has 0 atom stereocenters. The summed E-state index contributed by atoms with van der Waals surface area (Å²) in [5, 5.41) is 19.2. The molecule has 0 bridgehead atoms. The molecule has 0 radical (unpaired) electrons. The lowest BCUT2D eigenvalue weighted by atomic mass is 9.94. The summed E-state index contributed by atoms with van der Waals surface area (Å²) in [5.41, 5.74) is 5.06. The van der Waals surface area contributed by atoms with Gasteiger partial charge >= 0.3 is 0 Å². The average molecular weight is 228 g/mol. The van der Waals surface area contributed by atoms with E-state index in [1.807, 2.05) is 38.1 Å². The summed E-state index contributed by atoms with van der Waals surface area (Å²) in [6, 6.07) is 9.60. The molecule has 0 amide bonds. The minimum atomic E-state index is -0.0670. The quantitative estimate of drug-likeness (QED) is 0.731. The van der Waals surface area contributed by atoms with Crippen LogP contribution in [0.2, 0.25) is 0 Å². The number of rotatable bonds is 1. The standard InChI is InChI=1S/C15H16O2/c1-9-5-4-6-10(2)14(9)12-7-11(3)15(17)13(16)8-12/h4-8,16-17H,1-3H3. The molecule has 2 aromatic rings. The maximum absolute atomic E-state index is 9.67. The van der Waals surface area contributed by atoms with Gasteiger partial charge in [0.1, 0.15) is 0 Å². The number of phenols is 2. The van der Waals surface area contributed by atoms with Crippen molar-refractivity contribution >= 4 is 0 Å². The Labute approximate surface area is 101 Å². The van der Waals surface area contributed by atoms with Crippen LogP contribution in [0.15, 0.2) is 30.3 Å². The minimum Gasteiger partial charge on any atom is -0.504 e. The van der Waals surface area contributed by atoms with Crippen LogP contribution in [0.5, 0.6) is 11.5 Å². The molecule has 0 unspecified atom stereocenters. The first-order valence-corrected chi connectivity index (χ1v) is 5.60. The summed E-state index contributed by atoms with van der Waals surface area (Å²) >= 11 is 0. The molecule has 2 aromatic carbocycles. The van der Waals surface area contributed by atoms with Gasteiger partial charge in [0, 0.05) is 0 Å². The van der Waals surface area contributed by atoms with Crippen molar-refractivity contribution in [3.8, 4) is 22.6 Å². The topological polar surface area (TPSA) is 40.5 Å². The van der Waals surface area contributed by atoms with E-state index < -0.39 is 0 Å². The Kier molecular flexibility index (Phi) is 2.80. The number of hydrogen-bond donors (Lipinski definition) is 2. The summed E-state index contributed by atoms with van der Waals surface area (Å²) in [7, 11) is 0. The highest BCUT2D eigenvalue weighted by Gasteiger charge is 2.10. The summed E-state index contributed by atoms with van der Waals surface area (Å²) < 4.78 is 0. The lowest BCUT2D eigenvalue weighted by molar-refractivity contribution is 0.401. The molecule has 0 heterocycles. The highest BCUT2D eigenvalue weighted by atomic mass is 16.3. The van der Waals surface area contributed by atoms with E-state index in [2.05, 4.69) is 0 Å². The van der Waals surface area contributed by atoms with Crippen molar-refractivity contribution in [3.05, 3.63) is 47.0 Å². The predicted octanol–water partition coefficient (Wildman–Crippen LogP) is 3.69. The number of benzene rings is 2. The first kappa shape index (κ1) is 11.5. The van der Waals surface area contributed by atoms with Gasteiger partial charge in [-0.25, -0.2) is 0 Å². The summed E-state index contributed by atoms with van der Waals surface area (Å²) in [5.74, 6) is -0.109. The molecule has 0 aliphatic rings. The molecule has 2 rings (SSSR count). The normalized spacial score (nSPS) is 10.5. The van der Waals surface area contributed by atoms with Gasteiger partial charge in [-0.15, -0.1) is 0 Å². The van der Waals surface area contributed by atoms with Crippen LogP contribution in [0.4, 0.5) is 0 Å². The Morgan fingerprint density at radius 1 is 0.824 bits per heavy atom. The van der Waals surface area contributed by atoms with E-state index in [1.165, 1.54) is 0 Å². The fraction of sp³-hybridized carbons (Fsp3) is 0.200. The molecule has 0 saturated heterocycles. The Bertz CT molecular complexity index is 528. The van der Waals surface area contributed by atoms with Crippen LogP contribution in [-0.2, 0) is 0 Å². The van der Waals surface area contributed by atoms with Crippen molar-refractivity contribution in [2.45, 2.75) is 20.8 Å². The van der Waals surface area contributed by atoms with Crippen molar-refractivity contribution in [1.29, 1.82) is 0 Å². The van der Waals surface area contributed by atoms with E-state index in [4.69, 9.17) is 0 Å². The molecular formula is C15H16O2. The number of aryl methyl sites for hydroxylation is 3. The SMILES string of the molecule is Cc1cc(-c2c(C)cccc2C)cc(O)c1O. The molecule has 88 valence electrons. The third-order valence-electron chi connectivity index (χ3n) is 3.05. The van der Waals surface area contributed by atoms with Crippen molar-refractivity contribution in [2.75, 3.05) is 0 Å². The molecule has 0 aromatic heterocycles. The smallest absolute Gasteiger partial charge is 0.160 e. The Balaban J connectivity index is 2.69. The summed E-state index contributed by atoms with van der Waals surface area (Å²) in [6.07, 6.45) is 0. The van der Waals surface area contributed by atoms with Crippen LogP contribution in [0.3, 0.4) is 0 Å².